The normalized spacial score (nSPS) is 35.4. The fourth-order valence-electron chi connectivity index (χ4n) is 0.904. The summed E-state index contributed by atoms with van der Waals surface area (Å²) in [6.45, 7) is 1.29. The van der Waals surface area contributed by atoms with Gasteiger partial charge in [-0.15, -0.1) is 11.8 Å². The average Bonchev–Trinajstić information content (AvgIpc) is 1.85. The van der Waals surface area contributed by atoms with Crippen LogP contribution in [0.5, 0.6) is 0 Å². The number of hydrogen-bond acceptors (Lipinski definition) is 2. The van der Waals surface area contributed by atoms with E-state index in [4.69, 9.17) is 0 Å². The molecule has 1 atom stereocenters. The van der Waals surface area contributed by atoms with Crippen LogP contribution < -0.4 is 0 Å². The zero-order valence-corrected chi connectivity index (χ0v) is 4.82. The Morgan fingerprint density at radius 3 is 3.00 bits per heavy atom. The minimum atomic E-state index is 0.833. The topological polar surface area (TPSA) is 3.24 Å². The van der Waals surface area contributed by atoms with Crippen LogP contribution in [0.1, 0.15) is 6.42 Å². The van der Waals surface area contributed by atoms with E-state index in [1.165, 1.54) is 13.0 Å². The largest absolute Gasteiger partial charge is 0.365 e. The third kappa shape index (κ3) is 0.402. The Labute approximate surface area is 47.4 Å². The second-order valence-corrected chi connectivity index (χ2v) is 2.99. The second kappa shape index (κ2) is 1.19. The number of thioether (sulfide) groups is 1. The van der Waals surface area contributed by atoms with Crippen molar-refractivity contribution in [2.45, 2.75) is 11.8 Å². The molecule has 0 N–H and O–H groups in total. The van der Waals surface area contributed by atoms with Gasteiger partial charge in [0.2, 0.25) is 0 Å². The summed E-state index contributed by atoms with van der Waals surface area (Å²) in [6, 6.07) is 0. The zero-order chi connectivity index (χ0) is 4.69. The molecule has 0 aromatic heterocycles. The van der Waals surface area contributed by atoms with Crippen molar-refractivity contribution in [1.29, 1.82) is 0 Å². The lowest BCUT2D eigenvalue weighted by atomic mass is 10.2. The first-order chi connectivity index (χ1) is 3.47. The molecule has 38 valence electrons. The maximum Gasteiger partial charge on any atom is 0.0803 e. The second-order valence-electron chi connectivity index (χ2n) is 1.90. The van der Waals surface area contributed by atoms with Crippen LogP contribution >= 0.6 is 11.8 Å². The predicted molar refractivity (Wildman–Crippen MR) is 31.8 cm³/mol. The quantitative estimate of drug-likeness (QED) is 0.465. The molecule has 1 fully saturated rings. The zero-order valence-electron chi connectivity index (χ0n) is 4.00. The Morgan fingerprint density at radius 2 is 2.71 bits per heavy atom. The Hall–Kier alpha value is -0.110. The third-order valence-corrected chi connectivity index (χ3v) is 2.59. The molecule has 0 aliphatic carbocycles. The standard InChI is InChI=1S/C5H7NS/c1-2-6-3-4-7-5(1)6/h3-5H,1-2H2. The Morgan fingerprint density at radius 1 is 1.71 bits per heavy atom. The molecule has 0 spiro atoms. The number of hydrogen-bond donors (Lipinski definition) is 0. The lowest BCUT2D eigenvalue weighted by molar-refractivity contribution is 0.239. The van der Waals surface area contributed by atoms with Gasteiger partial charge in [-0.05, 0) is 11.8 Å². The highest BCUT2D eigenvalue weighted by Gasteiger charge is 2.27. The molecule has 0 amide bonds. The maximum absolute atomic E-state index is 2.37. The molecule has 0 aromatic rings. The van der Waals surface area contributed by atoms with E-state index in [1.54, 1.807) is 0 Å². The maximum atomic E-state index is 2.37. The summed E-state index contributed by atoms with van der Waals surface area (Å²) in [4.78, 5) is 2.37. The molecule has 2 aliphatic heterocycles. The van der Waals surface area contributed by atoms with Gasteiger partial charge in [-0.25, -0.2) is 0 Å². The van der Waals surface area contributed by atoms with E-state index >= 15 is 0 Å². The summed E-state index contributed by atoms with van der Waals surface area (Å²) in [6.07, 6.45) is 3.57. The molecule has 2 heteroatoms. The van der Waals surface area contributed by atoms with E-state index in [0.29, 0.717) is 0 Å². The average molecular weight is 113 g/mol. The van der Waals surface area contributed by atoms with Crippen molar-refractivity contribution in [3.8, 4) is 0 Å². The minimum Gasteiger partial charge on any atom is -0.365 e. The summed E-state index contributed by atoms with van der Waals surface area (Å²) >= 11 is 1.94. The molecule has 0 aromatic carbocycles. The van der Waals surface area contributed by atoms with Gasteiger partial charge in [0.05, 0.1) is 5.37 Å². The van der Waals surface area contributed by atoms with Crippen LogP contribution in [0, 0.1) is 0 Å². The fraction of sp³-hybridized carbons (Fsp3) is 0.600. The van der Waals surface area contributed by atoms with Crippen molar-refractivity contribution in [3.05, 3.63) is 11.6 Å². The van der Waals surface area contributed by atoms with E-state index in [2.05, 4.69) is 16.5 Å². The summed E-state index contributed by atoms with van der Waals surface area (Å²) < 4.78 is 0. The van der Waals surface area contributed by atoms with Crippen molar-refractivity contribution < 1.29 is 0 Å². The molecular formula is C5H7NS. The van der Waals surface area contributed by atoms with E-state index in [1.807, 2.05) is 11.8 Å². The van der Waals surface area contributed by atoms with Crippen molar-refractivity contribution in [3.63, 3.8) is 0 Å². The van der Waals surface area contributed by atoms with Crippen LogP contribution in [0.25, 0.3) is 0 Å². The first kappa shape index (κ1) is 3.84. The first-order valence-corrected chi connectivity index (χ1v) is 3.49. The van der Waals surface area contributed by atoms with Gasteiger partial charge in [-0.3, -0.25) is 0 Å². The van der Waals surface area contributed by atoms with Gasteiger partial charge in [-0.2, -0.15) is 0 Å². The van der Waals surface area contributed by atoms with Crippen LogP contribution in [0.2, 0.25) is 0 Å². The molecule has 7 heavy (non-hydrogen) atoms. The molecule has 2 heterocycles. The molecule has 2 rings (SSSR count). The lowest BCUT2D eigenvalue weighted by Gasteiger charge is -2.34. The van der Waals surface area contributed by atoms with Gasteiger partial charge in [-0.1, -0.05) is 0 Å². The predicted octanol–water partition coefficient (Wildman–Crippen LogP) is 1.24. The van der Waals surface area contributed by atoms with E-state index < -0.39 is 0 Å². The molecule has 1 saturated heterocycles. The van der Waals surface area contributed by atoms with Gasteiger partial charge < -0.3 is 4.90 Å². The van der Waals surface area contributed by atoms with Gasteiger partial charge >= 0.3 is 0 Å². The summed E-state index contributed by atoms with van der Waals surface area (Å²) in [5.41, 5.74) is 0. The van der Waals surface area contributed by atoms with E-state index in [0.717, 1.165) is 5.37 Å². The van der Waals surface area contributed by atoms with Gasteiger partial charge in [0, 0.05) is 12.7 Å². The number of fused-ring (bicyclic) bond motifs is 1. The van der Waals surface area contributed by atoms with E-state index in [9.17, 15) is 0 Å². The third-order valence-electron chi connectivity index (χ3n) is 1.49. The minimum absolute atomic E-state index is 0.833. The Kier molecular flexibility index (Phi) is 0.651. The van der Waals surface area contributed by atoms with Crippen LogP contribution in [-0.2, 0) is 0 Å². The fourth-order valence-corrected chi connectivity index (χ4v) is 1.89. The molecule has 1 unspecified atom stereocenters. The molecular weight excluding hydrogens is 106 g/mol. The molecule has 0 saturated carbocycles. The van der Waals surface area contributed by atoms with Crippen LogP contribution in [-0.4, -0.2) is 16.8 Å². The summed E-state index contributed by atoms with van der Waals surface area (Å²) in [7, 11) is 0. The number of rotatable bonds is 0. The van der Waals surface area contributed by atoms with Crippen molar-refractivity contribution >= 4 is 11.8 Å². The lowest BCUT2D eigenvalue weighted by Crippen LogP contribution is -2.38. The molecule has 0 bridgehead atoms. The van der Waals surface area contributed by atoms with Gasteiger partial charge in [0.1, 0.15) is 0 Å². The Bertz CT molecular complexity index is 111. The van der Waals surface area contributed by atoms with Crippen LogP contribution in [0.3, 0.4) is 0 Å². The Balaban J connectivity index is 2.14. The molecule has 1 nitrogen and oxygen atoms in total. The highest BCUT2D eigenvalue weighted by atomic mass is 32.2. The van der Waals surface area contributed by atoms with Crippen molar-refractivity contribution in [2.75, 3.05) is 6.54 Å². The van der Waals surface area contributed by atoms with E-state index in [-0.39, 0.29) is 0 Å². The molecule has 0 radical (unpaired) electrons. The van der Waals surface area contributed by atoms with Gasteiger partial charge in [0.25, 0.3) is 0 Å². The van der Waals surface area contributed by atoms with Crippen molar-refractivity contribution in [1.82, 2.24) is 4.90 Å². The summed E-state index contributed by atoms with van der Waals surface area (Å²) in [5.74, 6) is 0. The SMILES string of the molecule is C1=CN2CCC2S1. The van der Waals surface area contributed by atoms with Gasteiger partial charge in [0.15, 0.2) is 0 Å². The highest BCUT2D eigenvalue weighted by molar-refractivity contribution is 8.02. The van der Waals surface area contributed by atoms with Crippen molar-refractivity contribution in [2.24, 2.45) is 0 Å². The van der Waals surface area contributed by atoms with Crippen LogP contribution in [0.15, 0.2) is 11.6 Å². The molecule has 2 aliphatic rings. The van der Waals surface area contributed by atoms with Crippen LogP contribution in [0.4, 0.5) is 0 Å². The summed E-state index contributed by atoms with van der Waals surface area (Å²) in [5, 5.41) is 3.01. The monoisotopic (exact) mass is 113 g/mol. The highest BCUT2D eigenvalue weighted by Crippen LogP contribution is 2.34. The smallest absolute Gasteiger partial charge is 0.0803 e. The first-order valence-electron chi connectivity index (χ1n) is 2.55. The number of nitrogens with zero attached hydrogens (tertiary/aromatic N) is 1.